The van der Waals surface area contributed by atoms with Crippen LogP contribution in [0.4, 0.5) is 0 Å². The topological polar surface area (TPSA) is 106 Å². The van der Waals surface area contributed by atoms with Gasteiger partial charge in [-0.15, -0.1) is 0 Å². The zero-order chi connectivity index (χ0) is 16.0. The van der Waals surface area contributed by atoms with E-state index < -0.39 is 7.82 Å². The molecule has 0 saturated heterocycles. The van der Waals surface area contributed by atoms with Crippen molar-refractivity contribution in [3.8, 4) is 0 Å². The fourth-order valence-corrected chi connectivity index (χ4v) is 1.67. The van der Waals surface area contributed by atoms with Crippen LogP contribution < -0.4 is 9.46 Å². The summed E-state index contributed by atoms with van der Waals surface area (Å²) in [6, 6.07) is 7.69. The van der Waals surface area contributed by atoms with Crippen LogP contribution in [0.1, 0.15) is 15.9 Å². The Hall–Kier alpha value is -1.79. The number of aromatic nitrogens is 2. The van der Waals surface area contributed by atoms with Crippen LogP contribution in [0.5, 0.6) is 0 Å². The highest BCUT2D eigenvalue weighted by molar-refractivity contribution is 7.43. The molecular formula is C13H17N2O5P. The van der Waals surface area contributed by atoms with E-state index in [-0.39, 0.29) is 5.78 Å². The molecule has 0 unspecified atom stereocenters. The summed E-state index contributed by atoms with van der Waals surface area (Å²) in [7, 11) is -2.95. The predicted molar refractivity (Wildman–Crippen MR) is 73.2 cm³/mol. The van der Waals surface area contributed by atoms with Crippen molar-refractivity contribution in [3.05, 3.63) is 54.1 Å². The molecule has 0 saturated carbocycles. The van der Waals surface area contributed by atoms with E-state index in [2.05, 4.69) is 0 Å². The van der Waals surface area contributed by atoms with Crippen LogP contribution in [0.2, 0.25) is 0 Å². The third-order valence-corrected chi connectivity index (χ3v) is 2.49. The molecule has 1 heterocycles. The molecule has 0 spiro atoms. The Balaban J connectivity index is 0.000000383. The molecular weight excluding hydrogens is 295 g/mol. The Morgan fingerprint density at radius 3 is 2.52 bits per heavy atom. The van der Waals surface area contributed by atoms with E-state index in [0.29, 0.717) is 6.54 Å². The first-order chi connectivity index (χ1) is 9.65. The SMILES string of the molecule is Cc1cccc(C(=O)Cn2cc[n+](C)c2)c1.O=P([O-])(O)O. The van der Waals surface area contributed by atoms with Gasteiger partial charge < -0.3 is 14.7 Å². The second-order valence-electron chi connectivity index (χ2n) is 4.53. The maximum atomic E-state index is 11.9. The first-order valence-corrected chi connectivity index (χ1v) is 7.55. The van der Waals surface area contributed by atoms with Crippen LogP contribution in [0, 0.1) is 6.92 Å². The number of phosphoric acid groups is 1. The zero-order valence-corrected chi connectivity index (χ0v) is 12.6. The lowest BCUT2D eigenvalue weighted by Gasteiger charge is -2.01. The predicted octanol–water partition coefficient (Wildman–Crippen LogP) is -0.0567. The monoisotopic (exact) mass is 312 g/mol. The second kappa shape index (κ2) is 7.28. The summed E-state index contributed by atoms with van der Waals surface area (Å²) in [6.07, 6.45) is 5.71. The Morgan fingerprint density at radius 2 is 2.05 bits per heavy atom. The number of carbonyl (C=O) groups excluding carboxylic acids is 1. The highest BCUT2D eigenvalue weighted by Gasteiger charge is 2.10. The lowest BCUT2D eigenvalue weighted by Crippen LogP contribution is -2.24. The molecule has 0 amide bonds. The number of ketones is 1. The summed E-state index contributed by atoms with van der Waals surface area (Å²) < 4.78 is 12.6. The minimum atomic E-state index is -4.89. The number of nitrogens with zero attached hydrogens (tertiary/aromatic N) is 2. The summed E-state index contributed by atoms with van der Waals surface area (Å²) in [6.45, 7) is 2.39. The maximum Gasteiger partial charge on any atom is 0.262 e. The quantitative estimate of drug-likeness (QED) is 0.469. The van der Waals surface area contributed by atoms with Crippen LogP contribution in [0.25, 0.3) is 0 Å². The molecule has 7 nitrogen and oxygen atoms in total. The molecule has 2 aromatic rings. The largest absolute Gasteiger partial charge is 0.756 e. The van der Waals surface area contributed by atoms with Gasteiger partial charge in [0, 0.05) is 5.56 Å². The number of hydrogen-bond acceptors (Lipinski definition) is 3. The number of benzene rings is 1. The summed E-state index contributed by atoms with van der Waals surface area (Å²) >= 11 is 0. The fraction of sp³-hybridized carbons (Fsp3) is 0.231. The lowest BCUT2D eigenvalue weighted by atomic mass is 10.1. The molecule has 2 N–H and O–H groups in total. The Bertz CT molecular complexity index is 654. The van der Waals surface area contributed by atoms with Crippen LogP contribution >= 0.6 is 7.82 Å². The van der Waals surface area contributed by atoms with Gasteiger partial charge in [0.2, 0.25) is 12.1 Å². The van der Waals surface area contributed by atoms with Gasteiger partial charge >= 0.3 is 0 Å². The van der Waals surface area contributed by atoms with Crippen molar-refractivity contribution >= 4 is 13.6 Å². The minimum Gasteiger partial charge on any atom is -0.756 e. The summed E-state index contributed by atoms with van der Waals surface area (Å²) in [5.41, 5.74) is 1.89. The van der Waals surface area contributed by atoms with Crippen LogP contribution in [-0.2, 0) is 18.2 Å². The van der Waals surface area contributed by atoms with Crippen molar-refractivity contribution in [2.75, 3.05) is 0 Å². The number of imidazole rings is 1. The van der Waals surface area contributed by atoms with E-state index in [4.69, 9.17) is 19.2 Å². The van der Waals surface area contributed by atoms with Gasteiger partial charge in [0.25, 0.3) is 7.82 Å². The average Bonchev–Trinajstić information content (AvgIpc) is 2.72. The van der Waals surface area contributed by atoms with Gasteiger partial charge in [0.1, 0.15) is 12.4 Å². The normalized spacial score (nSPS) is 10.7. The van der Waals surface area contributed by atoms with Crippen molar-refractivity contribution in [1.29, 1.82) is 0 Å². The summed E-state index contributed by atoms with van der Waals surface area (Å²) in [4.78, 5) is 34.9. The van der Waals surface area contributed by atoms with Gasteiger partial charge in [-0.1, -0.05) is 23.8 Å². The van der Waals surface area contributed by atoms with Gasteiger partial charge in [0.05, 0.1) is 7.05 Å². The molecule has 1 aromatic heterocycles. The van der Waals surface area contributed by atoms with Crippen molar-refractivity contribution in [3.63, 3.8) is 0 Å². The average molecular weight is 312 g/mol. The van der Waals surface area contributed by atoms with E-state index in [1.807, 2.05) is 66.1 Å². The van der Waals surface area contributed by atoms with E-state index in [0.717, 1.165) is 11.1 Å². The van der Waals surface area contributed by atoms with Gasteiger partial charge in [-0.25, -0.2) is 9.13 Å². The Labute approximate surface area is 122 Å². The zero-order valence-electron chi connectivity index (χ0n) is 11.7. The Morgan fingerprint density at radius 1 is 1.43 bits per heavy atom. The molecule has 21 heavy (non-hydrogen) atoms. The first-order valence-electron chi connectivity index (χ1n) is 6.02. The van der Waals surface area contributed by atoms with Gasteiger partial charge in [-0.2, -0.15) is 0 Å². The van der Waals surface area contributed by atoms with Crippen molar-refractivity contribution in [2.45, 2.75) is 13.5 Å². The number of rotatable bonds is 3. The third-order valence-electron chi connectivity index (χ3n) is 2.49. The van der Waals surface area contributed by atoms with Gasteiger partial charge in [0.15, 0.2) is 6.54 Å². The number of Topliss-reactive ketones (excluding diaryl/α,β-unsaturated/α-hetero) is 1. The molecule has 0 atom stereocenters. The van der Waals surface area contributed by atoms with Crippen LogP contribution in [-0.4, -0.2) is 20.1 Å². The highest BCUT2D eigenvalue weighted by atomic mass is 31.2. The molecule has 0 radical (unpaired) electrons. The maximum absolute atomic E-state index is 11.9. The third kappa shape index (κ3) is 7.53. The fourth-order valence-electron chi connectivity index (χ4n) is 1.67. The molecule has 0 aliphatic heterocycles. The number of hydrogen-bond donors (Lipinski definition) is 2. The molecule has 114 valence electrons. The molecule has 0 aliphatic carbocycles. The molecule has 0 bridgehead atoms. The van der Waals surface area contributed by atoms with E-state index in [1.54, 1.807) is 0 Å². The first kappa shape index (κ1) is 17.3. The van der Waals surface area contributed by atoms with E-state index >= 15 is 0 Å². The number of aryl methyl sites for hydroxylation is 2. The molecule has 8 heteroatoms. The lowest BCUT2D eigenvalue weighted by molar-refractivity contribution is -0.671. The van der Waals surface area contributed by atoms with Gasteiger partial charge in [-0.3, -0.25) is 9.36 Å². The molecule has 0 fully saturated rings. The molecule has 2 rings (SSSR count). The van der Waals surface area contributed by atoms with Gasteiger partial charge in [-0.05, 0) is 13.0 Å². The van der Waals surface area contributed by atoms with Crippen molar-refractivity contribution in [2.24, 2.45) is 7.05 Å². The van der Waals surface area contributed by atoms with Crippen LogP contribution in [0.15, 0.2) is 43.0 Å². The smallest absolute Gasteiger partial charge is 0.262 e. The molecule has 1 aromatic carbocycles. The second-order valence-corrected chi connectivity index (χ2v) is 5.52. The summed E-state index contributed by atoms with van der Waals surface area (Å²) in [5.74, 6) is 0.139. The standard InChI is InChI=1S/C13H15N2O.H3O4P/c1-11-4-3-5-12(8-11)13(16)9-15-7-6-14(2)10-15;1-5(2,3)4/h3-8,10H,9H2,1-2H3;(H3,1,2,3,4)/q+1;/p-1. The Kier molecular flexibility index (Phi) is 5.99. The van der Waals surface area contributed by atoms with E-state index in [1.165, 1.54) is 0 Å². The van der Waals surface area contributed by atoms with E-state index in [9.17, 15) is 4.79 Å². The van der Waals surface area contributed by atoms with Crippen molar-refractivity contribution < 1.29 is 28.6 Å². The minimum absolute atomic E-state index is 0.139. The van der Waals surface area contributed by atoms with Crippen molar-refractivity contribution in [1.82, 2.24) is 4.57 Å². The summed E-state index contributed by atoms with van der Waals surface area (Å²) in [5, 5.41) is 0. The highest BCUT2D eigenvalue weighted by Crippen LogP contribution is 2.18. The number of carbonyl (C=O) groups is 1. The van der Waals surface area contributed by atoms with Crippen LogP contribution in [0.3, 0.4) is 0 Å². The molecule has 0 aliphatic rings.